The first kappa shape index (κ1) is 10.5. The van der Waals surface area contributed by atoms with E-state index in [1.165, 1.54) is 0 Å². The lowest BCUT2D eigenvalue weighted by molar-refractivity contribution is 0.243. The maximum Gasteiger partial charge on any atom is 0.129 e. The lowest BCUT2D eigenvalue weighted by atomic mass is 10.4. The van der Waals surface area contributed by atoms with Crippen LogP contribution in [0.15, 0.2) is 27.6 Å². The highest BCUT2D eigenvalue weighted by molar-refractivity contribution is 9.11. The fourth-order valence-electron chi connectivity index (χ4n) is 0.924. The summed E-state index contributed by atoms with van der Waals surface area (Å²) >= 11 is 3.24. The van der Waals surface area contributed by atoms with Gasteiger partial charge in [0.1, 0.15) is 18.1 Å². The number of rotatable bonds is 5. The van der Waals surface area contributed by atoms with Gasteiger partial charge >= 0.3 is 0 Å². The van der Waals surface area contributed by atoms with Gasteiger partial charge in [-0.25, -0.2) is 0 Å². The summed E-state index contributed by atoms with van der Waals surface area (Å²) in [5.41, 5.74) is 0. The molecule has 0 bridgehead atoms. The van der Waals surface area contributed by atoms with E-state index in [0.29, 0.717) is 18.8 Å². The molecule has 0 spiro atoms. The van der Waals surface area contributed by atoms with Crippen LogP contribution in [-0.4, -0.2) is 11.7 Å². The number of hydrogen-bond donors (Lipinski definition) is 2. The van der Waals surface area contributed by atoms with Gasteiger partial charge in [-0.3, -0.25) is 0 Å². The minimum Gasteiger partial charge on any atom is -0.462 e. The van der Waals surface area contributed by atoms with E-state index >= 15 is 0 Å². The summed E-state index contributed by atoms with van der Waals surface area (Å²) in [6.45, 7) is 4.99. The topological polar surface area (TPSA) is 45.4 Å². The molecule has 1 heterocycles. The maximum absolute atomic E-state index is 8.73. The molecule has 72 valence electrons. The second kappa shape index (κ2) is 5.21. The van der Waals surface area contributed by atoms with Crippen LogP contribution in [0.1, 0.15) is 11.5 Å². The monoisotopic (exact) mass is 245 g/mol. The zero-order chi connectivity index (χ0) is 9.68. The molecule has 1 aromatic heterocycles. The average molecular weight is 246 g/mol. The van der Waals surface area contributed by atoms with Crippen molar-refractivity contribution in [1.29, 1.82) is 0 Å². The average Bonchev–Trinajstić information content (AvgIpc) is 2.52. The van der Waals surface area contributed by atoms with E-state index in [1.807, 2.05) is 6.07 Å². The van der Waals surface area contributed by atoms with Gasteiger partial charge < -0.3 is 14.8 Å². The predicted molar refractivity (Wildman–Crippen MR) is 54.4 cm³/mol. The first-order chi connectivity index (χ1) is 6.22. The maximum atomic E-state index is 8.73. The summed E-state index contributed by atoms with van der Waals surface area (Å²) in [4.78, 5) is 0. The van der Waals surface area contributed by atoms with Crippen molar-refractivity contribution < 1.29 is 9.52 Å². The Hall–Kier alpha value is -0.580. The van der Waals surface area contributed by atoms with Crippen molar-refractivity contribution >= 4 is 15.9 Å². The number of nitrogens with one attached hydrogen (secondary N) is 1. The van der Waals surface area contributed by atoms with E-state index in [-0.39, 0.29) is 6.61 Å². The lowest BCUT2D eigenvalue weighted by Gasteiger charge is -1.99. The molecule has 0 aromatic carbocycles. The third kappa shape index (κ3) is 3.76. The summed E-state index contributed by atoms with van der Waals surface area (Å²) < 4.78 is 6.16. The zero-order valence-corrected chi connectivity index (χ0v) is 8.80. The SMILES string of the molecule is C=C(Br)CNCc1ccc(CO)o1. The first-order valence-electron chi connectivity index (χ1n) is 3.95. The van der Waals surface area contributed by atoms with Crippen molar-refractivity contribution in [1.82, 2.24) is 5.32 Å². The van der Waals surface area contributed by atoms with Gasteiger partial charge in [-0.15, -0.1) is 0 Å². The van der Waals surface area contributed by atoms with Crippen LogP contribution in [0.5, 0.6) is 0 Å². The van der Waals surface area contributed by atoms with Crippen LogP contribution in [0, 0.1) is 0 Å². The van der Waals surface area contributed by atoms with Crippen LogP contribution >= 0.6 is 15.9 Å². The Morgan fingerprint density at radius 2 is 2.23 bits per heavy atom. The Morgan fingerprint density at radius 1 is 1.54 bits per heavy atom. The van der Waals surface area contributed by atoms with E-state index in [9.17, 15) is 0 Å². The zero-order valence-electron chi connectivity index (χ0n) is 7.22. The predicted octanol–water partition coefficient (Wildman–Crippen LogP) is 1.77. The fraction of sp³-hybridized carbons (Fsp3) is 0.333. The number of furan rings is 1. The van der Waals surface area contributed by atoms with Crippen LogP contribution < -0.4 is 5.32 Å². The van der Waals surface area contributed by atoms with E-state index in [2.05, 4.69) is 27.8 Å². The fourth-order valence-corrected chi connectivity index (χ4v) is 1.12. The molecule has 0 aliphatic carbocycles. The van der Waals surface area contributed by atoms with E-state index in [4.69, 9.17) is 9.52 Å². The van der Waals surface area contributed by atoms with Crippen LogP contribution in [0.4, 0.5) is 0 Å². The smallest absolute Gasteiger partial charge is 0.129 e. The summed E-state index contributed by atoms with van der Waals surface area (Å²) in [5, 5.41) is 11.8. The molecule has 4 heteroatoms. The Labute approximate surface area is 85.6 Å². The van der Waals surface area contributed by atoms with Crippen molar-refractivity contribution in [2.75, 3.05) is 6.54 Å². The minimum atomic E-state index is -0.0504. The van der Waals surface area contributed by atoms with Gasteiger partial charge in [0.15, 0.2) is 0 Å². The molecule has 0 fully saturated rings. The normalized spacial score (nSPS) is 10.3. The third-order valence-corrected chi connectivity index (χ3v) is 1.77. The summed E-state index contributed by atoms with van der Waals surface area (Å²) in [6.07, 6.45) is 0. The van der Waals surface area contributed by atoms with Crippen molar-refractivity contribution in [2.45, 2.75) is 13.2 Å². The lowest BCUT2D eigenvalue weighted by Crippen LogP contribution is -2.13. The highest BCUT2D eigenvalue weighted by atomic mass is 79.9. The van der Waals surface area contributed by atoms with Gasteiger partial charge in [0, 0.05) is 11.0 Å². The van der Waals surface area contributed by atoms with Gasteiger partial charge in [-0.05, 0) is 12.1 Å². The second-order valence-corrected chi connectivity index (χ2v) is 3.77. The van der Waals surface area contributed by atoms with Crippen molar-refractivity contribution in [2.24, 2.45) is 0 Å². The summed E-state index contributed by atoms with van der Waals surface area (Å²) in [6, 6.07) is 3.61. The van der Waals surface area contributed by atoms with Gasteiger partial charge in [0.25, 0.3) is 0 Å². The molecule has 1 aromatic rings. The largest absolute Gasteiger partial charge is 0.462 e. The summed E-state index contributed by atoms with van der Waals surface area (Å²) in [5.74, 6) is 1.41. The molecular weight excluding hydrogens is 234 g/mol. The quantitative estimate of drug-likeness (QED) is 0.832. The Morgan fingerprint density at radius 3 is 2.77 bits per heavy atom. The molecular formula is C9H12BrNO2. The molecule has 0 saturated heterocycles. The van der Waals surface area contributed by atoms with Gasteiger partial charge in [-0.1, -0.05) is 22.5 Å². The molecule has 0 atom stereocenters. The highest BCUT2D eigenvalue weighted by Crippen LogP contribution is 2.07. The minimum absolute atomic E-state index is 0.0504. The molecule has 3 nitrogen and oxygen atoms in total. The van der Waals surface area contributed by atoms with Crippen LogP contribution in [-0.2, 0) is 13.2 Å². The van der Waals surface area contributed by atoms with E-state index < -0.39 is 0 Å². The molecule has 0 saturated carbocycles. The van der Waals surface area contributed by atoms with Crippen molar-refractivity contribution in [3.8, 4) is 0 Å². The molecule has 0 aliphatic rings. The third-order valence-electron chi connectivity index (χ3n) is 1.49. The van der Waals surface area contributed by atoms with Crippen LogP contribution in [0.3, 0.4) is 0 Å². The van der Waals surface area contributed by atoms with E-state index in [1.54, 1.807) is 6.07 Å². The number of aliphatic hydroxyl groups excluding tert-OH is 1. The van der Waals surface area contributed by atoms with E-state index in [0.717, 1.165) is 10.2 Å². The molecule has 0 amide bonds. The summed E-state index contributed by atoms with van der Waals surface area (Å²) in [7, 11) is 0. The van der Waals surface area contributed by atoms with Crippen LogP contribution in [0.2, 0.25) is 0 Å². The standard InChI is InChI=1S/C9H12BrNO2/c1-7(10)4-11-5-8-2-3-9(6-12)13-8/h2-3,11-12H,1,4-6H2. The number of hydrogen-bond acceptors (Lipinski definition) is 3. The molecule has 2 N–H and O–H groups in total. The second-order valence-electron chi connectivity index (χ2n) is 2.65. The molecule has 0 aliphatic heterocycles. The van der Waals surface area contributed by atoms with Gasteiger partial charge in [0.2, 0.25) is 0 Å². The Bertz CT molecular complexity index is 283. The van der Waals surface area contributed by atoms with Gasteiger partial charge in [-0.2, -0.15) is 0 Å². The molecule has 0 unspecified atom stereocenters. The Kier molecular flexibility index (Phi) is 4.21. The van der Waals surface area contributed by atoms with Crippen molar-refractivity contribution in [3.63, 3.8) is 0 Å². The van der Waals surface area contributed by atoms with Crippen molar-refractivity contribution in [3.05, 3.63) is 34.7 Å². The van der Waals surface area contributed by atoms with Gasteiger partial charge in [0.05, 0.1) is 6.54 Å². The van der Waals surface area contributed by atoms with Crippen LogP contribution in [0.25, 0.3) is 0 Å². The number of halogens is 1. The molecule has 1 rings (SSSR count). The highest BCUT2D eigenvalue weighted by Gasteiger charge is 1.99. The molecule has 13 heavy (non-hydrogen) atoms. The Balaban J connectivity index is 2.32. The molecule has 0 radical (unpaired) electrons. The first-order valence-corrected chi connectivity index (χ1v) is 4.74. The number of aliphatic hydroxyl groups is 1.